The van der Waals surface area contributed by atoms with E-state index in [9.17, 15) is 9.59 Å². The van der Waals surface area contributed by atoms with Gasteiger partial charge >= 0.3 is 0 Å². The maximum absolute atomic E-state index is 13.0. The first kappa shape index (κ1) is 16.3. The third kappa shape index (κ3) is 3.18. The molecule has 2 aromatic rings. The van der Waals surface area contributed by atoms with Crippen molar-refractivity contribution in [3.05, 3.63) is 46.9 Å². The van der Waals surface area contributed by atoms with Gasteiger partial charge in [-0.15, -0.1) is 11.3 Å². The molecule has 3 heterocycles. The number of hydrogen-bond acceptors (Lipinski definition) is 4. The number of aromatic nitrogens is 1. The first-order valence-electron chi connectivity index (χ1n) is 8.79. The van der Waals surface area contributed by atoms with Gasteiger partial charge in [0.2, 0.25) is 11.8 Å². The predicted molar refractivity (Wildman–Crippen MR) is 97.6 cm³/mol. The monoisotopic (exact) mass is 355 g/mol. The number of carbonyl (C=O) groups excluding carboxylic acids is 2. The van der Waals surface area contributed by atoms with E-state index in [1.165, 1.54) is 5.01 Å². The molecule has 2 amide bonds. The van der Waals surface area contributed by atoms with Gasteiger partial charge in [0.15, 0.2) is 0 Å². The summed E-state index contributed by atoms with van der Waals surface area (Å²) in [7, 11) is 0. The quantitative estimate of drug-likeness (QED) is 0.850. The first-order chi connectivity index (χ1) is 12.2. The highest BCUT2D eigenvalue weighted by Crippen LogP contribution is 2.32. The average molecular weight is 355 g/mol. The number of piperidine rings is 1. The van der Waals surface area contributed by atoms with Crippen molar-refractivity contribution < 1.29 is 9.59 Å². The van der Waals surface area contributed by atoms with Crippen molar-refractivity contribution in [1.82, 2.24) is 9.88 Å². The highest BCUT2D eigenvalue weighted by Gasteiger charge is 2.40. The van der Waals surface area contributed by atoms with Crippen LogP contribution < -0.4 is 4.90 Å². The SMILES string of the molecule is O=C(C1CCC(=O)N1c1ccccc1)N1CCC(c2nccs2)CC1. The van der Waals surface area contributed by atoms with Gasteiger partial charge in [-0.1, -0.05) is 18.2 Å². The van der Waals surface area contributed by atoms with Crippen LogP contribution in [-0.4, -0.2) is 40.8 Å². The molecule has 1 aromatic heterocycles. The molecule has 0 spiro atoms. The third-order valence-electron chi connectivity index (χ3n) is 5.14. The zero-order chi connectivity index (χ0) is 17.2. The van der Waals surface area contributed by atoms with Gasteiger partial charge < -0.3 is 4.90 Å². The largest absolute Gasteiger partial charge is 0.341 e. The Hall–Kier alpha value is -2.21. The number of rotatable bonds is 3. The Bertz CT molecular complexity index is 739. The van der Waals surface area contributed by atoms with Crippen LogP contribution in [-0.2, 0) is 9.59 Å². The number of carbonyl (C=O) groups is 2. The molecule has 0 saturated carbocycles. The third-order valence-corrected chi connectivity index (χ3v) is 6.08. The van der Waals surface area contributed by atoms with Crippen molar-refractivity contribution in [2.45, 2.75) is 37.6 Å². The zero-order valence-electron chi connectivity index (χ0n) is 14.0. The molecule has 5 nitrogen and oxygen atoms in total. The summed E-state index contributed by atoms with van der Waals surface area (Å²) in [5, 5.41) is 3.18. The molecule has 6 heteroatoms. The van der Waals surface area contributed by atoms with Crippen LogP contribution in [0.1, 0.15) is 36.6 Å². The number of thiazole rings is 1. The van der Waals surface area contributed by atoms with E-state index in [-0.39, 0.29) is 17.9 Å². The number of benzene rings is 1. The Morgan fingerprint density at radius 2 is 1.88 bits per heavy atom. The fraction of sp³-hybridized carbons (Fsp3) is 0.421. The summed E-state index contributed by atoms with van der Waals surface area (Å²) < 4.78 is 0. The summed E-state index contributed by atoms with van der Waals surface area (Å²) >= 11 is 1.69. The number of para-hydroxylation sites is 1. The lowest BCUT2D eigenvalue weighted by Crippen LogP contribution is -2.49. The van der Waals surface area contributed by atoms with E-state index in [4.69, 9.17) is 0 Å². The number of amides is 2. The summed E-state index contributed by atoms with van der Waals surface area (Å²) in [4.78, 5) is 33.4. The summed E-state index contributed by atoms with van der Waals surface area (Å²) in [6.45, 7) is 1.49. The van der Waals surface area contributed by atoms with Gasteiger partial charge in [0.05, 0.1) is 5.01 Å². The van der Waals surface area contributed by atoms with Crippen molar-refractivity contribution in [2.75, 3.05) is 18.0 Å². The van der Waals surface area contributed by atoms with Crippen LogP contribution >= 0.6 is 11.3 Å². The van der Waals surface area contributed by atoms with E-state index in [1.807, 2.05) is 46.8 Å². The summed E-state index contributed by atoms with van der Waals surface area (Å²) in [6, 6.07) is 9.18. The minimum atomic E-state index is -0.355. The van der Waals surface area contributed by atoms with Gasteiger partial charge in [-0.25, -0.2) is 4.98 Å². The molecule has 1 unspecified atom stereocenters. The lowest BCUT2D eigenvalue weighted by Gasteiger charge is -2.35. The zero-order valence-corrected chi connectivity index (χ0v) is 14.8. The molecule has 2 aliphatic heterocycles. The highest BCUT2D eigenvalue weighted by molar-refractivity contribution is 7.09. The molecule has 0 bridgehead atoms. The van der Waals surface area contributed by atoms with Crippen LogP contribution in [0.2, 0.25) is 0 Å². The molecule has 4 rings (SSSR count). The van der Waals surface area contributed by atoms with E-state index < -0.39 is 0 Å². The number of nitrogens with zero attached hydrogens (tertiary/aromatic N) is 3. The van der Waals surface area contributed by atoms with Crippen LogP contribution in [0, 0.1) is 0 Å². The molecule has 1 atom stereocenters. The molecule has 0 N–H and O–H groups in total. The van der Waals surface area contributed by atoms with Crippen molar-refractivity contribution in [3.63, 3.8) is 0 Å². The molecular weight excluding hydrogens is 334 g/mol. The van der Waals surface area contributed by atoms with E-state index in [1.54, 1.807) is 16.2 Å². The molecule has 0 radical (unpaired) electrons. The van der Waals surface area contributed by atoms with Crippen LogP contribution in [0.5, 0.6) is 0 Å². The van der Waals surface area contributed by atoms with Crippen LogP contribution in [0.25, 0.3) is 0 Å². The van der Waals surface area contributed by atoms with Crippen molar-refractivity contribution >= 4 is 28.8 Å². The second kappa shape index (κ2) is 6.96. The van der Waals surface area contributed by atoms with Gasteiger partial charge in [-0.3, -0.25) is 14.5 Å². The molecule has 25 heavy (non-hydrogen) atoms. The second-order valence-electron chi connectivity index (χ2n) is 6.62. The predicted octanol–water partition coefficient (Wildman–Crippen LogP) is 3.04. The molecule has 1 aromatic carbocycles. The Morgan fingerprint density at radius 3 is 2.56 bits per heavy atom. The van der Waals surface area contributed by atoms with Crippen molar-refractivity contribution in [2.24, 2.45) is 0 Å². The molecule has 2 saturated heterocycles. The number of hydrogen-bond donors (Lipinski definition) is 0. The Balaban J connectivity index is 1.45. The molecule has 2 fully saturated rings. The van der Waals surface area contributed by atoms with E-state index in [2.05, 4.69) is 4.98 Å². The minimum absolute atomic E-state index is 0.0437. The van der Waals surface area contributed by atoms with Gasteiger partial charge in [0.25, 0.3) is 0 Å². The fourth-order valence-corrected chi connectivity index (χ4v) is 4.63. The molecular formula is C19H21N3O2S. The highest BCUT2D eigenvalue weighted by atomic mass is 32.1. The summed E-state index contributed by atoms with van der Waals surface area (Å²) in [5.74, 6) is 0.592. The first-order valence-corrected chi connectivity index (χ1v) is 9.67. The standard InChI is InChI=1S/C19H21N3O2S/c23-17-7-6-16(22(17)15-4-2-1-3-5-15)19(24)21-11-8-14(9-12-21)18-20-10-13-25-18/h1-5,10,13-14,16H,6-9,11-12H2. The smallest absolute Gasteiger partial charge is 0.245 e. The average Bonchev–Trinajstić information content (AvgIpc) is 3.32. The van der Waals surface area contributed by atoms with Crippen molar-refractivity contribution in [1.29, 1.82) is 0 Å². The second-order valence-corrected chi connectivity index (χ2v) is 7.55. The fourth-order valence-electron chi connectivity index (χ4n) is 3.82. The molecule has 0 aliphatic carbocycles. The summed E-state index contributed by atoms with van der Waals surface area (Å²) in [6.07, 6.45) is 4.80. The topological polar surface area (TPSA) is 53.5 Å². The molecule has 2 aliphatic rings. The number of anilines is 1. The van der Waals surface area contributed by atoms with Gasteiger partial charge in [-0.2, -0.15) is 0 Å². The van der Waals surface area contributed by atoms with Gasteiger partial charge in [0.1, 0.15) is 6.04 Å². The van der Waals surface area contributed by atoms with Crippen LogP contribution in [0.3, 0.4) is 0 Å². The van der Waals surface area contributed by atoms with Crippen LogP contribution in [0.4, 0.5) is 5.69 Å². The van der Waals surface area contributed by atoms with E-state index >= 15 is 0 Å². The minimum Gasteiger partial charge on any atom is -0.341 e. The summed E-state index contributed by atoms with van der Waals surface area (Å²) in [5.41, 5.74) is 0.820. The van der Waals surface area contributed by atoms with Gasteiger partial charge in [0, 0.05) is 42.7 Å². The maximum atomic E-state index is 13.0. The normalized spacial score (nSPS) is 21.8. The van der Waals surface area contributed by atoms with E-state index in [0.717, 1.165) is 31.6 Å². The lowest BCUT2D eigenvalue weighted by molar-refractivity contribution is -0.134. The van der Waals surface area contributed by atoms with Gasteiger partial charge in [-0.05, 0) is 31.4 Å². The Labute approximate surface area is 151 Å². The molecule has 130 valence electrons. The lowest BCUT2D eigenvalue weighted by atomic mass is 9.97. The van der Waals surface area contributed by atoms with Crippen LogP contribution in [0.15, 0.2) is 41.9 Å². The van der Waals surface area contributed by atoms with E-state index in [0.29, 0.717) is 18.8 Å². The van der Waals surface area contributed by atoms with Crippen molar-refractivity contribution in [3.8, 4) is 0 Å². The maximum Gasteiger partial charge on any atom is 0.245 e. The Morgan fingerprint density at radius 1 is 1.12 bits per heavy atom. The number of likely N-dealkylation sites (tertiary alicyclic amines) is 1. The Kier molecular flexibility index (Phi) is 4.53.